The lowest BCUT2D eigenvalue weighted by Gasteiger charge is -2.22. The molecule has 2 aromatic rings. The van der Waals surface area contributed by atoms with Crippen LogP contribution in [0.15, 0.2) is 18.2 Å². The maximum absolute atomic E-state index is 13.0. The van der Waals surface area contributed by atoms with Gasteiger partial charge in [-0.25, -0.2) is 9.37 Å². The van der Waals surface area contributed by atoms with Crippen LogP contribution in [-0.2, 0) is 0 Å². The molecule has 0 aliphatic carbocycles. The molecular weight excluding hydrogens is 235 g/mol. The predicted octanol–water partition coefficient (Wildman–Crippen LogP) is 4.28. The van der Waals surface area contributed by atoms with Crippen LogP contribution < -0.4 is 5.32 Å². The molecule has 1 heterocycles. The minimum absolute atomic E-state index is 0.233. The molecule has 0 unspecified atom stereocenters. The molecule has 0 aliphatic heterocycles. The summed E-state index contributed by atoms with van der Waals surface area (Å²) >= 11 is 1.57. The van der Waals surface area contributed by atoms with Crippen molar-refractivity contribution >= 4 is 26.7 Å². The van der Waals surface area contributed by atoms with Crippen LogP contribution in [-0.4, -0.2) is 11.5 Å². The lowest BCUT2D eigenvalue weighted by Crippen LogP contribution is -2.21. The molecule has 0 saturated carbocycles. The molecular formula is C13H17FN2S. The highest BCUT2D eigenvalue weighted by molar-refractivity contribution is 7.22. The second-order valence-electron chi connectivity index (χ2n) is 5.00. The van der Waals surface area contributed by atoms with Crippen LogP contribution in [0.5, 0.6) is 0 Å². The van der Waals surface area contributed by atoms with E-state index >= 15 is 0 Å². The van der Waals surface area contributed by atoms with Crippen molar-refractivity contribution in [2.75, 3.05) is 11.9 Å². The molecule has 2 rings (SSSR count). The molecule has 0 fully saturated rings. The van der Waals surface area contributed by atoms with Gasteiger partial charge >= 0.3 is 0 Å². The minimum Gasteiger partial charge on any atom is -0.361 e. The average molecular weight is 252 g/mol. The summed E-state index contributed by atoms with van der Waals surface area (Å²) in [5, 5.41) is 4.20. The molecule has 4 heteroatoms. The van der Waals surface area contributed by atoms with Gasteiger partial charge in [-0.05, 0) is 24.0 Å². The van der Waals surface area contributed by atoms with Gasteiger partial charge in [0.25, 0.3) is 0 Å². The third-order valence-corrected chi connectivity index (χ3v) is 4.02. The number of rotatable bonds is 4. The Labute approximate surface area is 105 Å². The number of hydrogen-bond acceptors (Lipinski definition) is 3. The summed E-state index contributed by atoms with van der Waals surface area (Å²) in [4.78, 5) is 4.38. The first-order chi connectivity index (χ1) is 8.00. The summed E-state index contributed by atoms with van der Waals surface area (Å²) in [7, 11) is 0. The van der Waals surface area contributed by atoms with Crippen molar-refractivity contribution in [2.45, 2.75) is 27.2 Å². The van der Waals surface area contributed by atoms with Crippen LogP contribution in [0.1, 0.15) is 27.2 Å². The Balaban J connectivity index is 2.15. The third kappa shape index (κ3) is 2.94. The second-order valence-corrected chi connectivity index (χ2v) is 6.03. The zero-order valence-corrected chi connectivity index (χ0v) is 11.2. The fourth-order valence-corrected chi connectivity index (χ4v) is 2.26. The summed E-state index contributed by atoms with van der Waals surface area (Å²) in [5.74, 6) is -0.233. The van der Waals surface area contributed by atoms with Crippen LogP contribution in [0.3, 0.4) is 0 Å². The second kappa shape index (κ2) is 4.61. The molecule has 0 saturated heterocycles. The maximum Gasteiger partial charge on any atom is 0.183 e. The van der Waals surface area contributed by atoms with Gasteiger partial charge in [0.2, 0.25) is 0 Å². The Hall–Kier alpha value is -1.16. The van der Waals surface area contributed by atoms with E-state index in [0.29, 0.717) is 0 Å². The molecule has 2 nitrogen and oxygen atoms in total. The molecule has 0 bridgehead atoms. The molecule has 0 amide bonds. The number of benzene rings is 1. The van der Waals surface area contributed by atoms with E-state index in [1.54, 1.807) is 17.4 Å². The zero-order chi connectivity index (χ0) is 12.5. The molecule has 0 spiro atoms. The number of hydrogen-bond donors (Lipinski definition) is 1. The molecule has 17 heavy (non-hydrogen) atoms. The predicted molar refractivity (Wildman–Crippen MR) is 72.1 cm³/mol. The van der Waals surface area contributed by atoms with Crippen LogP contribution >= 0.6 is 11.3 Å². The minimum atomic E-state index is -0.233. The lowest BCUT2D eigenvalue weighted by molar-refractivity contribution is 0.377. The Kier molecular flexibility index (Phi) is 3.33. The number of nitrogens with zero attached hydrogens (tertiary/aromatic N) is 1. The average Bonchev–Trinajstić information content (AvgIpc) is 2.68. The van der Waals surface area contributed by atoms with Gasteiger partial charge in [-0.3, -0.25) is 0 Å². The quantitative estimate of drug-likeness (QED) is 0.878. The van der Waals surface area contributed by atoms with Gasteiger partial charge in [-0.2, -0.15) is 0 Å². The van der Waals surface area contributed by atoms with E-state index in [9.17, 15) is 4.39 Å². The third-order valence-electron chi connectivity index (χ3n) is 3.02. The van der Waals surface area contributed by atoms with Gasteiger partial charge in [0, 0.05) is 12.6 Å². The topological polar surface area (TPSA) is 24.9 Å². The van der Waals surface area contributed by atoms with Gasteiger partial charge in [0.1, 0.15) is 5.82 Å². The van der Waals surface area contributed by atoms with Gasteiger partial charge in [-0.15, -0.1) is 0 Å². The zero-order valence-electron chi connectivity index (χ0n) is 10.4. The molecule has 1 aromatic carbocycles. The monoisotopic (exact) mass is 252 g/mol. The SMILES string of the molecule is CCC(C)(C)CNc1nc2cc(F)ccc2s1. The summed E-state index contributed by atoms with van der Waals surface area (Å²) < 4.78 is 14.0. The Morgan fingerprint density at radius 1 is 1.41 bits per heavy atom. The summed E-state index contributed by atoms with van der Waals surface area (Å²) in [6.45, 7) is 7.49. The standard InChI is InChI=1S/C13H17FN2S/c1-4-13(2,3)8-15-12-16-10-7-9(14)5-6-11(10)17-12/h5-7H,4,8H2,1-3H3,(H,15,16). The van der Waals surface area contributed by atoms with Crippen molar-refractivity contribution in [3.63, 3.8) is 0 Å². The summed E-state index contributed by atoms with van der Waals surface area (Å²) in [6, 6.07) is 4.72. The normalized spacial score (nSPS) is 12.0. The highest BCUT2D eigenvalue weighted by atomic mass is 32.1. The van der Waals surface area contributed by atoms with Crippen molar-refractivity contribution in [3.8, 4) is 0 Å². The molecule has 0 aliphatic rings. The number of nitrogens with one attached hydrogen (secondary N) is 1. The van der Waals surface area contributed by atoms with E-state index in [2.05, 4.69) is 31.1 Å². The molecule has 0 atom stereocenters. The van der Waals surface area contributed by atoms with Crippen LogP contribution in [0, 0.1) is 11.2 Å². The lowest BCUT2D eigenvalue weighted by atomic mass is 9.90. The highest BCUT2D eigenvalue weighted by Crippen LogP contribution is 2.28. The number of thiazole rings is 1. The smallest absolute Gasteiger partial charge is 0.183 e. The van der Waals surface area contributed by atoms with Crippen LogP contribution in [0.25, 0.3) is 10.2 Å². The van der Waals surface area contributed by atoms with Gasteiger partial charge < -0.3 is 5.32 Å². The molecule has 1 N–H and O–H groups in total. The summed E-state index contributed by atoms with van der Waals surface area (Å²) in [6.07, 6.45) is 1.11. The van der Waals surface area contributed by atoms with Crippen molar-refractivity contribution in [1.82, 2.24) is 4.98 Å². The fraction of sp³-hybridized carbons (Fsp3) is 0.462. The van der Waals surface area contributed by atoms with Gasteiger partial charge in [0.15, 0.2) is 5.13 Å². The van der Waals surface area contributed by atoms with E-state index in [-0.39, 0.29) is 11.2 Å². The number of anilines is 1. The van der Waals surface area contributed by atoms with E-state index in [1.165, 1.54) is 12.1 Å². The maximum atomic E-state index is 13.0. The van der Waals surface area contributed by atoms with Crippen LogP contribution in [0.2, 0.25) is 0 Å². The van der Waals surface area contributed by atoms with Crippen molar-refractivity contribution in [2.24, 2.45) is 5.41 Å². The van der Waals surface area contributed by atoms with Gasteiger partial charge in [0.05, 0.1) is 10.2 Å². The van der Waals surface area contributed by atoms with E-state index in [4.69, 9.17) is 0 Å². The largest absolute Gasteiger partial charge is 0.361 e. The number of fused-ring (bicyclic) bond motifs is 1. The molecule has 92 valence electrons. The van der Waals surface area contributed by atoms with Crippen LogP contribution in [0.4, 0.5) is 9.52 Å². The number of halogens is 1. The van der Waals surface area contributed by atoms with Gasteiger partial charge in [-0.1, -0.05) is 32.1 Å². The Morgan fingerprint density at radius 2 is 2.18 bits per heavy atom. The van der Waals surface area contributed by atoms with E-state index in [0.717, 1.165) is 28.3 Å². The van der Waals surface area contributed by atoms with Crippen molar-refractivity contribution in [1.29, 1.82) is 0 Å². The van der Waals surface area contributed by atoms with Crippen molar-refractivity contribution < 1.29 is 4.39 Å². The Morgan fingerprint density at radius 3 is 2.88 bits per heavy atom. The Bertz CT molecular complexity index is 519. The molecule has 0 radical (unpaired) electrons. The first-order valence-electron chi connectivity index (χ1n) is 5.80. The summed E-state index contributed by atoms with van der Waals surface area (Å²) in [5.41, 5.74) is 0.982. The van der Waals surface area contributed by atoms with E-state index < -0.39 is 0 Å². The number of aromatic nitrogens is 1. The molecule has 1 aromatic heterocycles. The fourth-order valence-electron chi connectivity index (χ4n) is 1.42. The first kappa shape index (κ1) is 12.3. The van der Waals surface area contributed by atoms with Crippen molar-refractivity contribution in [3.05, 3.63) is 24.0 Å². The highest BCUT2D eigenvalue weighted by Gasteiger charge is 2.15. The first-order valence-corrected chi connectivity index (χ1v) is 6.62. The van der Waals surface area contributed by atoms with E-state index in [1.807, 2.05) is 0 Å².